The summed E-state index contributed by atoms with van der Waals surface area (Å²) < 4.78 is 6.22. The molecule has 60 heavy (non-hydrogen) atoms. The minimum absolute atomic E-state index is 0.0702. The van der Waals surface area contributed by atoms with Crippen LogP contribution in [0, 0.1) is 46.3 Å². The molecule has 11 atom stereocenters. The Balaban J connectivity index is 0.961. The standard InChI is InChI=1S/C50H61N5O5/c1-31-11-18-45(57)53-51-27-32-12-14-33(15-13-32)29-55-30-37-9-5-4-8-35(37)24-43(55)47(58)54-52-28-34-7-6-10-36(23-34)48(59)60-39-19-21-49(2)38(25-39)26-44(56)46-41-17-16-40(31)50(41,3)22-20-42(46)49/h4-10,12-15,23,27-28,31,38-44,46,56H,11,16-22,24-26,29-30H2,1-3H3,(H,53,57)(H,54,58)/b51-27+,52-28+/t31-,38+,39-,40-,41+,42+,43+,44-,46+,49+,50-/m1/s1. The van der Waals surface area contributed by atoms with Crippen molar-refractivity contribution in [2.45, 2.75) is 123 Å². The van der Waals surface area contributed by atoms with Gasteiger partial charge in [-0.2, -0.15) is 10.2 Å². The van der Waals surface area contributed by atoms with Crippen LogP contribution in [0.4, 0.5) is 0 Å². The van der Waals surface area contributed by atoms with Crippen molar-refractivity contribution in [1.29, 1.82) is 0 Å². The first-order chi connectivity index (χ1) is 29.0. The lowest BCUT2D eigenvalue weighted by atomic mass is 9.43. The normalized spacial score (nSPS) is 37.1. The third-order valence-electron chi connectivity index (χ3n) is 16.4. The lowest BCUT2D eigenvalue weighted by Gasteiger charge is -2.62. The number of carbonyl (C=O) groups excluding carboxylic acids is 3. The van der Waals surface area contributed by atoms with Crippen LogP contribution in [0.1, 0.15) is 123 Å². The summed E-state index contributed by atoms with van der Waals surface area (Å²) in [6, 6.07) is 23.1. The molecular formula is C50H61N5O5. The molecule has 11 aliphatic heterocycles. The fourth-order valence-electron chi connectivity index (χ4n) is 13.2. The van der Waals surface area contributed by atoms with E-state index in [4.69, 9.17) is 4.74 Å². The number of hydrogen-bond acceptors (Lipinski definition) is 8. The number of fused-ring (bicyclic) bond motifs is 1. The highest BCUT2D eigenvalue weighted by atomic mass is 16.5. The number of ether oxygens (including phenoxy) is 1. The average Bonchev–Trinajstić information content (AvgIpc) is 3.60. The zero-order chi connectivity index (χ0) is 41.6. The van der Waals surface area contributed by atoms with Crippen molar-refractivity contribution in [3.05, 3.63) is 106 Å². The SMILES string of the molecule is C[C@@H]1CCC(=O)N/N=C/c2ccc(cc2)CN2Cc3ccccc3C[C@H]2C(=O)N/N=C/c2cccc(c2)C(=O)O[C@@H]2CC[C@@]3(C)[C@@H](C2)C[C@@H](O)[C@@H]2[C@@H]3CC[C@]3(C)[C@@H]1CC[C@@H]23. The molecular weight excluding hydrogens is 751 g/mol. The predicted molar refractivity (Wildman–Crippen MR) is 232 cm³/mol. The van der Waals surface area contributed by atoms with Gasteiger partial charge < -0.3 is 9.84 Å². The molecule has 316 valence electrons. The molecule has 3 N–H and O–H groups in total. The maximum absolute atomic E-state index is 13.8. The topological polar surface area (TPSA) is 133 Å². The molecule has 0 spiro atoms. The van der Waals surface area contributed by atoms with Crippen LogP contribution in [0.2, 0.25) is 0 Å². The summed E-state index contributed by atoms with van der Waals surface area (Å²) in [5.41, 5.74) is 11.2. The smallest absolute Gasteiger partial charge is 0.338 e. The quantitative estimate of drug-likeness (QED) is 0.199. The monoisotopic (exact) mass is 811 g/mol. The van der Waals surface area contributed by atoms with Gasteiger partial charge in [-0.15, -0.1) is 0 Å². The van der Waals surface area contributed by atoms with Crippen LogP contribution in [-0.4, -0.2) is 58.5 Å². The van der Waals surface area contributed by atoms with Gasteiger partial charge in [0.2, 0.25) is 5.91 Å². The van der Waals surface area contributed by atoms with E-state index in [1.165, 1.54) is 5.56 Å². The molecule has 0 radical (unpaired) electrons. The third-order valence-corrected chi connectivity index (χ3v) is 16.4. The van der Waals surface area contributed by atoms with E-state index in [0.717, 1.165) is 74.5 Å². The van der Waals surface area contributed by atoms with E-state index in [0.29, 0.717) is 66.6 Å². The Morgan fingerprint density at radius 3 is 2.32 bits per heavy atom. The fraction of sp³-hybridized carbons (Fsp3) is 0.540. The zero-order valence-electron chi connectivity index (χ0n) is 35.4. The fourth-order valence-corrected chi connectivity index (χ4v) is 13.2. The molecule has 15 aliphatic rings. The Hall–Kier alpha value is -4.67. The molecule has 0 saturated heterocycles. The van der Waals surface area contributed by atoms with Gasteiger partial charge in [-0.25, -0.2) is 15.6 Å². The number of aliphatic hydroxyl groups is 1. The molecule has 0 unspecified atom stereocenters. The van der Waals surface area contributed by atoms with Gasteiger partial charge in [0, 0.05) is 19.5 Å². The summed E-state index contributed by atoms with van der Waals surface area (Å²) in [5.74, 6) is 1.82. The number of amides is 2. The summed E-state index contributed by atoms with van der Waals surface area (Å²) in [7, 11) is 0. The van der Waals surface area contributed by atoms with E-state index >= 15 is 0 Å². The van der Waals surface area contributed by atoms with E-state index < -0.39 is 6.04 Å². The van der Waals surface area contributed by atoms with Crippen LogP contribution < -0.4 is 10.9 Å². The van der Waals surface area contributed by atoms with E-state index in [2.05, 4.69) is 58.9 Å². The molecule has 4 saturated carbocycles. The number of carbonyl (C=O) groups is 3. The van der Waals surface area contributed by atoms with Gasteiger partial charge >= 0.3 is 5.97 Å². The van der Waals surface area contributed by atoms with Gasteiger partial charge in [0.25, 0.3) is 5.91 Å². The summed E-state index contributed by atoms with van der Waals surface area (Å²) in [6.45, 7) is 8.47. The maximum Gasteiger partial charge on any atom is 0.338 e. The molecule has 10 heteroatoms. The molecule has 0 aromatic heterocycles. The number of hydrogen-bond donors (Lipinski definition) is 3. The van der Waals surface area contributed by atoms with Crippen LogP contribution >= 0.6 is 0 Å². The van der Waals surface area contributed by atoms with Crippen molar-refractivity contribution in [2.24, 2.45) is 56.5 Å². The Kier molecular flexibility index (Phi) is 11.3. The number of hydrazone groups is 2. The zero-order valence-corrected chi connectivity index (χ0v) is 35.4. The molecule has 12 bridgehead atoms. The molecule has 3 aromatic rings. The number of rotatable bonds is 0. The van der Waals surface area contributed by atoms with Crippen molar-refractivity contribution in [2.75, 3.05) is 0 Å². The number of nitrogens with zero attached hydrogens (tertiary/aromatic N) is 3. The maximum atomic E-state index is 13.8. The lowest BCUT2D eigenvalue weighted by molar-refractivity contribution is -0.174. The van der Waals surface area contributed by atoms with Gasteiger partial charge in [0.1, 0.15) is 6.10 Å². The second kappa shape index (κ2) is 16.7. The van der Waals surface area contributed by atoms with Gasteiger partial charge in [-0.3, -0.25) is 14.5 Å². The van der Waals surface area contributed by atoms with Crippen LogP contribution in [0.25, 0.3) is 0 Å². The Bertz CT molecular complexity index is 2150. The number of benzene rings is 3. The summed E-state index contributed by atoms with van der Waals surface area (Å²) in [4.78, 5) is 42.6. The Morgan fingerprint density at radius 2 is 1.48 bits per heavy atom. The summed E-state index contributed by atoms with van der Waals surface area (Å²) in [6.07, 6.45) is 12.4. The second-order valence-corrected chi connectivity index (χ2v) is 19.6. The Labute approximate surface area is 354 Å². The van der Waals surface area contributed by atoms with Gasteiger partial charge in [-0.05, 0) is 150 Å². The van der Waals surface area contributed by atoms with E-state index in [1.54, 1.807) is 24.6 Å². The van der Waals surface area contributed by atoms with Crippen molar-refractivity contribution in [1.82, 2.24) is 15.8 Å². The molecule has 10 nitrogen and oxygen atoms in total. The number of esters is 1. The first-order valence-corrected chi connectivity index (χ1v) is 22.5. The first-order valence-electron chi connectivity index (χ1n) is 22.5. The van der Waals surface area contributed by atoms with E-state index in [1.807, 2.05) is 48.5 Å². The highest BCUT2D eigenvalue weighted by Gasteiger charge is 2.63. The van der Waals surface area contributed by atoms with E-state index in [9.17, 15) is 19.5 Å². The van der Waals surface area contributed by atoms with Crippen LogP contribution in [0.5, 0.6) is 0 Å². The number of aliphatic hydroxyl groups excluding tert-OH is 1. The number of nitrogens with one attached hydrogen (secondary N) is 2. The van der Waals surface area contributed by atoms with Crippen LogP contribution in [0.3, 0.4) is 0 Å². The summed E-state index contributed by atoms with van der Waals surface area (Å²) >= 11 is 0. The highest BCUT2D eigenvalue weighted by Crippen LogP contribution is 2.68. The van der Waals surface area contributed by atoms with Crippen molar-refractivity contribution >= 4 is 30.2 Å². The first kappa shape index (κ1) is 40.7. The van der Waals surface area contributed by atoms with Crippen molar-refractivity contribution in [3.8, 4) is 0 Å². The lowest BCUT2D eigenvalue weighted by Crippen LogP contribution is -2.58. The van der Waals surface area contributed by atoms with Gasteiger partial charge in [0.15, 0.2) is 0 Å². The van der Waals surface area contributed by atoms with Crippen molar-refractivity contribution < 1.29 is 24.2 Å². The molecule has 4 aliphatic carbocycles. The third kappa shape index (κ3) is 7.86. The van der Waals surface area contributed by atoms with Gasteiger partial charge in [0.05, 0.1) is 30.1 Å². The van der Waals surface area contributed by atoms with Crippen LogP contribution in [-0.2, 0) is 33.8 Å². The minimum atomic E-state index is -0.437. The molecule has 18 rings (SSSR count). The molecule has 3 aromatic carbocycles. The molecule has 4 fully saturated rings. The largest absolute Gasteiger partial charge is 0.459 e. The van der Waals surface area contributed by atoms with Crippen LogP contribution in [0.15, 0.2) is 83.0 Å². The predicted octanol–water partition coefficient (Wildman–Crippen LogP) is 7.80. The van der Waals surface area contributed by atoms with E-state index in [-0.39, 0.29) is 46.7 Å². The second-order valence-electron chi connectivity index (χ2n) is 19.6. The molecule has 2 amide bonds. The highest BCUT2D eigenvalue weighted by molar-refractivity contribution is 5.92. The Morgan fingerprint density at radius 1 is 0.750 bits per heavy atom. The van der Waals surface area contributed by atoms with Gasteiger partial charge in [-0.1, -0.05) is 81.4 Å². The minimum Gasteiger partial charge on any atom is -0.459 e. The average molecular weight is 812 g/mol. The summed E-state index contributed by atoms with van der Waals surface area (Å²) in [5, 5.41) is 20.6. The van der Waals surface area contributed by atoms with Crippen molar-refractivity contribution in [3.63, 3.8) is 0 Å². The molecule has 11 heterocycles.